The molecule has 1 heterocycles. The highest BCUT2D eigenvalue weighted by Gasteiger charge is 2.43. The van der Waals surface area contributed by atoms with E-state index in [0.717, 1.165) is 6.08 Å². The first kappa shape index (κ1) is 16.6. The lowest BCUT2D eigenvalue weighted by atomic mass is 9.89. The standard InChI is InChI=1S/C12H19NO7/c1-6-7(5-14)20-12(19-2)10(11(6)18)13-8(15)3-4-9(16)17/h3-4,6-7,10-12,14,18H,5H2,1-2H3,(H,13,15)(H,16,17)/b4-3-. The summed E-state index contributed by atoms with van der Waals surface area (Å²) in [7, 11) is 1.34. The van der Waals surface area contributed by atoms with Crippen LogP contribution in [0.15, 0.2) is 12.2 Å². The zero-order chi connectivity index (χ0) is 15.3. The maximum Gasteiger partial charge on any atom is 0.328 e. The summed E-state index contributed by atoms with van der Waals surface area (Å²) in [5, 5.41) is 30.2. The highest BCUT2D eigenvalue weighted by atomic mass is 16.7. The Hall–Kier alpha value is -1.48. The number of carbonyl (C=O) groups excluding carboxylic acids is 1. The largest absolute Gasteiger partial charge is 0.478 e. The molecule has 0 spiro atoms. The number of carboxylic acids is 1. The van der Waals surface area contributed by atoms with Crippen molar-refractivity contribution in [3.63, 3.8) is 0 Å². The molecule has 20 heavy (non-hydrogen) atoms. The molecule has 1 fully saturated rings. The van der Waals surface area contributed by atoms with Crippen LogP contribution in [0.3, 0.4) is 0 Å². The fourth-order valence-electron chi connectivity index (χ4n) is 2.01. The van der Waals surface area contributed by atoms with Gasteiger partial charge in [0.15, 0.2) is 6.29 Å². The number of aliphatic hydroxyl groups is 2. The van der Waals surface area contributed by atoms with E-state index >= 15 is 0 Å². The zero-order valence-electron chi connectivity index (χ0n) is 11.2. The summed E-state index contributed by atoms with van der Waals surface area (Å²) in [5.41, 5.74) is 0. The normalized spacial score (nSPS) is 34.1. The molecule has 0 aromatic carbocycles. The van der Waals surface area contributed by atoms with Crippen LogP contribution in [-0.4, -0.2) is 65.5 Å². The van der Waals surface area contributed by atoms with Crippen molar-refractivity contribution in [1.29, 1.82) is 0 Å². The second-order valence-electron chi connectivity index (χ2n) is 4.52. The van der Waals surface area contributed by atoms with E-state index < -0.39 is 42.3 Å². The van der Waals surface area contributed by atoms with Crippen LogP contribution in [0.5, 0.6) is 0 Å². The first-order chi connectivity index (χ1) is 9.40. The van der Waals surface area contributed by atoms with Crippen LogP contribution in [0.2, 0.25) is 0 Å². The van der Waals surface area contributed by atoms with Crippen molar-refractivity contribution in [1.82, 2.24) is 5.32 Å². The van der Waals surface area contributed by atoms with Crippen LogP contribution in [0.25, 0.3) is 0 Å². The van der Waals surface area contributed by atoms with E-state index in [1.165, 1.54) is 7.11 Å². The van der Waals surface area contributed by atoms with Crippen LogP contribution in [0, 0.1) is 5.92 Å². The molecule has 1 amide bonds. The number of nitrogens with one attached hydrogen (secondary N) is 1. The van der Waals surface area contributed by atoms with Crippen molar-refractivity contribution in [2.75, 3.05) is 13.7 Å². The average molecular weight is 289 g/mol. The smallest absolute Gasteiger partial charge is 0.328 e. The molecule has 1 rings (SSSR count). The molecule has 8 heteroatoms. The maximum atomic E-state index is 11.5. The summed E-state index contributed by atoms with van der Waals surface area (Å²) in [5.74, 6) is -2.35. The van der Waals surface area contributed by atoms with E-state index in [1.54, 1.807) is 6.92 Å². The minimum atomic E-state index is -1.25. The Bertz CT molecular complexity index is 382. The van der Waals surface area contributed by atoms with Gasteiger partial charge in [-0.3, -0.25) is 4.79 Å². The summed E-state index contributed by atoms with van der Waals surface area (Å²) in [6, 6.07) is -0.858. The van der Waals surface area contributed by atoms with Gasteiger partial charge in [0.05, 0.1) is 18.8 Å². The van der Waals surface area contributed by atoms with Crippen LogP contribution in [0.4, 0.5) is 0 Å². The van der Waals surface area contributed by atoms with E-state index in [1.807, 2.05) is 0 Å². The summed E-state index contributed by atoms with van der Waals surface area (Å²) in [6.07, 6.45) is -0.996. The van der Waals surface area contributed by atoms with Crippen molar-refractivity contribution in [3.05, 3.63) is 12.2 Å². The third kappa shape index (κ3) is 4.01. The van der Waals surface area contributed by atoms with Crippen molar-refractivity contribution in [3.8, 4) is 0 Å². The summed E-state index contributed by atoms with van der Waals surface area (Å²) >= 11 is 0. The topological polar surface area (TPSA) is 125 Å². The third-order valence-corrected chi connectivity index (χ3v) is 3.19. The molecule has 0 aromatic heterocycles. The molecule has 114 valence electrons. The first-order valence-corrected chi connectivity index (χ1v) is 6.09. The molecular weight excluding hydrogens is 270 g/mol. The molecule has 5 atom stereocenters. The Labute approximate surface area is 116 Å². The SMILES string of the molecule is COC1OC(CO)C(C)C(O)C1NC(=O)/C=C\C(=O)O. The summed E-state index contributed by atoms with van der Waals surface area (Å²) < 4.78 is 10.5. The second kappa shape index (κ2) is 7.34. The van der Waals surface area contributed by atoms with Gasteiger partial charge in [0.2, 0.25) is 5.91 Å². The van der Waals surface area contributed by atoms with E-state index in [0.29, 0.717) is 6.08 Å². The van der Waals surface area contributed by atoms with Gasteiger partial charge in [-0.05, 0) is 0 Å². The fraction of sp³-hybridized carbons (Fsp3) is 0.667. The minimum Gasteiger partial charge on any atom is -0.478 e. The molecule has 1 aliphatic heterocycles. The van der Waals surface area contributed by atoms with Crippen molar-refractivity contribution < 1.29 is 34.4 Å². The van der Waals surface area contributed by atoms with Crippen molar-refractivity contribution in [2.24, 2.45) is 5.92 Å². The summed E-state index contributed by atoms with van der Waals surface area (Å²) in [4.78, 5) is 21.9. The monoisotopic (exact) mass is 289 g/mol. The number of carbonyl (C=O) groups is 2. The van der Waals surface area contributed by atoms with Gasteiger partial charge in [0.25, 0.3) is 0 Å². The molecule has 0 radical (unpaired) electrons. The van der Waals surface area contributed by atoms with Gasteiger partial charge in [0, 0.05) is 25.2 Å². The molecule has 8 nitrogen and oxygen atoms in total. The Morgan fingerprint density at radius 1 is 1.40 bits per heavy atom. The molecule has 0 aromatic rings. The third-order valence-electron chi connectivity index (χ3n) is 3.19. The number of carboxylic acid groups (broad SMARTS) is 1. The van der Waals surface area contributed by atoms with Gasteiger partial charge in [-0.2, -0.15) is 0 Å². The lowest BCUT2D eigenvalue weighted by molar-refractivity contribution is -0.245. The molecule has 0 saturated carbocycles. The molecule has 5 unspecified atom stereocenters. The number of amides is 1. The maximum absolute atomic E-state index is 11.5. The van der Waals surface area contributed by atoms with Crippen LogP contribution < -0.4 is 5.32 Å². The first-order valence-electron chi connectivity index (χ1n) is 6.09. The summed E-state index contributed by atoms with van der Waals surface area (Å²) in [6.45, 7) is 1.39. The minimum absolute atomic E-state index is 0.280. The zero-order valence-corrected chi connectivity index (χ0v) is 11.2. The number of methoxy groups -OCH3 is 1. The molecule has 1 saturated heterocycles. The number of rotatable bonds is 5. The number of hydrogen-bond donors (Lipinski definition) is 4. The van der Waals surface area contributed by atoms with E-state index in [9.17, 15) is 14.7 Å². The van der Waals surface area contributed by atoms with Gasteiger partial charge >= 0.3 is 5.97 Å². The van der Waals surface area contributed by atoms with Gasteiger partial charge in [-0.15, -0.1) is 0 Å². The highest BCUT2D eigenvalue weighted by Crippen LogP contribution is 2.26. The molecule has 1 aliphatic rings. The Morgan fingerprint density at radius 2 is 2.05 bits per heavy atom. The Morgan fingerprint density at radius 3 is 2.55 bits per heavy atom. The van der Waals surface area contributed by atoms with Gasteiger partial charge in [0.1, 0.15) is 6.04 Å². The van der Waals surface area contributed by atoms with Crippen LogP contribution in [-0.2, 0) is 19.1 Å². The average Bonchev–Trinajstić information content (AvgIpc) is 2.42. The van der Waals surface area contributed by atoms with Gasteiger partial charge in [-0.25, -0.2) is 4.79 Å². The van der Waals surface area contributed by atoms with Gasteiger partial charge in [-0.1, -0.05) is 6.92 Å². The molecule has 4 N–H and O–H groups in total. The second-order valence-corrected chi connectivity index (χ2v) is 4.52. The van der Waals surface area contributed by atoms with Gasteiger partial charge < -0.3 is 30.1 Å². The van der Waals surface area contributed by atoms with E-state index in [-0.39, 0.29) is 6.61 Å². The van der Waals surface area contributed by atoms with Crippen LogP contribution >= 0.6 is 0 Å². The van der Waals surface area contributed by atoms with Crippen LogP contribution in [0.1, 0.15) is 6.92 Å². The highest BCUT2D eigenvalue weighted by molar-refractivity contribution is 5.94. The van der Waals surface area contributed by atoms with E-state index in [2.05, 4.69) is 5.32 Å². The Balaban J connectivity index is 2.75. The quantitative estimate of drug-likeness (QED) is 0.452. The number of aliphatic carboxylic acids is 1. The van der Waals surface area contributed by atoms with Crippen molar-refractivity contribution in [2.45, 2.75) is 31.5 Å². The predicted molar refractivity (Wildman–Crippen MR) is 66.6 cm³/mol. The lowest BCUT2D eigenvalue weighted by Gasteiger charge is -2.42. The number of hydrogen-bond acceptors (Lipinski definition) is 6. The van der Waals surface area contributed by atoms with E-state index in [4.69, 9.17) is 19.7 Å². The lowest BCUT2D eigenvalue weighted by Crippen LogP contribution is -2.61. The predicted octanol–water partition coefficient (Wildman–Crippen LogP) is -1.53. The Kier molecular flexibility index (Phi) is 6.08. The molecule has 0 aliphatic carbocycles. The molecule has 0 bridgehead atoms. The molecular formula is C12H19NO7. The number of aliphatic hydroxyl groups excluding tert-OH is 2. The fourth-order valence-corrected chi connectivity index (χ4v) is 2.01. The number of ether oxygens (including phenoxy) is 2. The van der Waals surface area contributed by atoms with Crippen molar-refractivity contribution >= 4 is 11.9 Å².